The van der Waals surface area contributed by atoms with Crippen LogP contribution in [0.4, 0.5) is 10.1 Å². The van der Waals surface area contributed by atoms with Gasteiger partial charge in [0.25, 0.3) is 0 Å². The number of carbonyl (C=O) groups is 2. The molecule has 7 nitrogen and oxygen atoms in total. The number of carbonyl (C=O) groups excluding carboxylic acids is 2. The van der Waals surface area contributed by atoms with Crippen molar-refractivity contribution in [3.05, 3.63) is 99.7 Å². The molecule has 0 atom stereocenters. The molecule has 2 aromatic carbocycles. The van der Waals surface area contributed by atoms with E-state index in [1.54, 1.807) is 43.3 Å². The highest BCUT2D eigenvalue weighted by Gasteiger charge is 2.19. The van der Waals surface area contributed by atoms with Gasteiger partial charge in [-0.15, -0.1) is 0 Å². The molecule has 0 radical (unpaired) electrons. The Hall–Kier alpha value is -4.33. The summed E-state index contributed by atoms with van der Waals surface area (Å²) in [6, 6.07) is 15.1. The number of hydrogen-bond donors (Lipinski definition) is 1. The Balaban J connectivity index is 1.69. The van der Waals surface area contributed by atoms with Crippen LogP contribution in [0, 0.1) is 12.7 Å². The Labute approximate surface area is 194 Å². The molecule has 8 heteroatoms. The van der Waals surface area contributed by atoms with E-state index in [9.17, 15) is 18.8 Å². The summed E-state index contributed by atoms with van der Waals surface area (Å²) in [7, 11) is 0. The van der Waals surface area contributed by atoms with E-state index < -0.39 is 17.0 Å². The molecule has 0 aliphatic heterocycles. The van der Waals surface area contributed by atoms with Crippen molar-refractivity contribution in [1.29, 1.82) is 0 Å². The number of ketones is 1. The fourth-order valence-corrected chi connectivity index (χ4v) is 3.56. The molecule has 1 N–H and O–H groups in total. The molecule has 4 rings (SSSR count). The first-order chi connectivity index (χ1) is 16.4. The second-order valence-corrected chi connectivity index (χ2v) is 7.67. The van der Waals surface area contributed by atoms with Crippen molar-refractivity contribution in [1.82, 2.24) is 9.55 Å². The number of nitrogens with one attached hydrogen (secondary N) is 1. The zero-order valence-electron chi connectivity index (χ0n) is 18.7. The van der Waals surface area contributed by atoms with Crippen molar-refractivity contribution in [2.45, 2.75) is 20.4 Å². The normalized spacial score (nSPS) is 10.8. The average Bonchev–Trinajstić information content (AvgIpc) is 2.82. The fourth-order valence-electron chi connectivity index (χ4n) is 3.56. The van der Waals surface area contributed by atoms with E-state index >= 15 is 0 Å². The largest absolute Gasteiger partial charge is 0.494 e. The van der Waals surface area contributed by atoms with Crippen LogP contribution in [0.25, 0.3) is 11.0 Å². The van der Waals surface area contributed by atoms with Gasteiger partial charge < -0.3 is 14.6 Å². The van der Waals surface area contributed by atoms with E-state index in [0.717, 1.165) is 12.1 Å². The smallest absolute Gasteiger partial charge is 0.244 e. The Morgan fingerprint density at radius 3 is 2.41 bits per heavy atom. The number of rotatable bonds is 7. The molecule has 34 heavy (non-hydrogen) atoms. The quantitative estimate of drug-likeness (QED) is 0.420. The van der Waals surface area contributed by atoms with Gasteiger partial charge in [0.15, 0.2) is 5.78 Å². The lowest BCUT2D eigenvalue weighted by molar-refractivity contribution is -0.116. The Kier molecular flexibility index (Phi) is 6.49. The lowest BCUT2D eigenvalue weighted by atomic mass is 10.0. The number of benzene rings is 2. The average molecular weight is 459 g/mol. The van der Waals surface area contributed by atoms with Crippen LogP contribution in [0.3, 0.4) is 0 Å². The van der Waals surface area contributed by atoms with Gasteiger partial charge in [-0.05, 0) is 74.5 Å². The SMILES string of the molecule is CCOc1ccc(NC(=O)Cn2cc(C(=O)c3ccc(F)cc3)c(=O)c3ccc(C)nc32)cc1. The molecule has 0 saturated heterocycles. The van der Waals surface area contributed by atoms with Gasteiger partial charge in [0, 0.05) is 23.1 Å². The summed E-state index contributed by atoms with van der Waals surface area (Å²) >= 11 is 0. The molecule has 0 spiro atoms. The number of ether oxygens (including phenoxy) is 1. The van der Waals surface area contributed by atoms with Crippen molar-refractivity contribution >= 4 is 28.4 Å². The predicted molar refractivity (Wildman–Crippen MR) is 127 cm³/mol. The first-order valence-corrected chi connectivity index (χ1v) is 10.7. The van der Waals surface area contributed by atoms with Crippen LogP contribution < -0.4 is 15.5 Å². The number of anilines is 1. The van der Waals surface area contributed by atoms with Gasteiger partial charge in [-0.2, -0.15) is 0 Å². The maximum atomic E-state index is 13.3. The van der Waals surface area contributed by atoms with Gasteiger partial charge in [0.1, 0.15) is 23.8 Å². The number of aromatic nitrogens is 2. The number of amides is 1. The highest BCUT2D eigenvalue weighted by Crippen LogP contribution is 2.17. The third-order valence-corrected chi connectivity index (χ3v) is 5.17. The summed E-state index contributed by atoms with van der Waals surface area (Å²) in [6.07, 6.45) is 1.33. The summed E-state index contributed by atoms with van der Waals surface area (Å²) in [5.74, 6) is -0.723. The third kappa shape index (κ3) is 4.85. The Bertz CT molecular complexity index is 1430. The van der Waals surface area contributed by atoms with Crippen LogP contribution >= 0.6 is 0 Å². The standard InChI is InChI=1S/C26H22FN3O4/c1-3-34-20-11-9-19(10-12-20)29-23(31)15-30-14-22(24(32)17-5-7-18(27)8-6-17)25(33)21-13-4-16(2)28-26(21)30/h4-14H,3,15H2,1-2H3,(H,29,31). The summed E-state index contributed by atoms with van der Waals surface area (Å²) in [5.41, 5.74) is 1.07. The van der Waals surface area contributed by atoms with E-state index in [0.29, 0.717) is 29.4 Å². The summed E-state index contributed by atoms with van der Waals surface area (Å²) in [6.45, 7) is 4.02. The maximum absolute atomic E-state index is 13.3. The molecule has 172 valence electrons. The molecule has 4 aromatic rings. The highest BCUT2D eigenvalue weighted by atomic mass is 19.1. The zero-order valence-corrected chi connectivity index (χ0v) is 18.7. The Morgan fingerprint density at radius 1 is 1.03 bits per heavy atom. The lowest BCUT2D eigenvalue weighted by Crippen LogP contribution is -2.25. The maximum Gasteiger partial charge on any atom is 0.244 e. The van der Waals surface area contributed by atoms with E-state index in [4.69, 9.17) is 4.74 Å². The molecule has 0 fully saturated rings. The minimum absolute atomic E-state index is 0.126. The van der Waals surface area contributed by atoms with Crippen LogP contribution in [0.5, 0.6) is 5.75 Å². The monoisotopic (exact) mass is 459 g/mol. The van der Waals surface area contributed by atoms with Crippen molar-refractivity contribution in [3.63, 3.8) is 0 Å². The van der Waals surface area contributed by atoms with Crippen molar-refractivity contribution in [3.8, 4) is 5.75 Å². The molecule has 0 aliphatic carbocycles. The van der Waals surface area contributed by atoms with E-state index in [1.807, 2.05) is 6.92 Å². The van der Waals surface area contributed by atoms with Gasteiger partial charge >= 0.3 is 0 Å². The summed E-state index contributed by atoms with van der Waals surface area (Å²) in [5, 5.41) is 3.01. The summed E-state index contributed by atoms with van der Waals surface area (Å²) < 4.78 is 20.2. The van der Waals surface area contributed by atoms with Crippen LogP contribution in [0.2, 0.25) is 0 Å². The molecule has 1 amide bonds. The molecule has 0 saturated carbocycles. The highest BCUT2D eigenvalue weighted by molar-refractivity contribution is 6.10. The number of aryl methyl sites for hydroxylation is 1. The molecular weight excluding hydrogens is 437 g/mol. The van der Waals surface area contributed by atoms with Gasteiger partial charge in [-0.25, -0.2) is 9.37 Å². The van der Waals surface area contributed by atoms with Crippen molar-refractivity contribution in [2.75, 3.05) is 11.9 Å². The molecular formula is C26H22FN3O4. The van der Waals surface area contributed by atoms with E-state index in [1.165, 1.54) is 22.9 Å². The molecule has 0 unspecified atom stereocenters. The van der Waals surface area contributed by atoms with Crippen LogP contribution in [-0.4, -0.2) is 27.8 Å². The first-order valence-electron chi connectivity index (χ1n) is 10.7. The minimum atomic E-state index is -0.562. The zero-order chi connectivity index (χ0) is 24.2. The Morgan fingerprint density at radius 2 is 1.74 bits per heavy atom. The van der Waals surface area contributed by atoms with Crippen LogP contribution in [0.15, 0.2) is 71.7 Å². The van der Waals surface area contributed by atoms with Crippen molar-refractivity contribution in [2.24, 2.45) is 0 Å². The molecule has 2 aromatic heterocycles. The van der Waals surface area contributed by atoms with Gasteiger partial charge in [0.05, 0.1) is 17.6 Å². The molecule has 0 bridgehead atoms. The number of pyridine rings is 2. The second-order valence-electron chi connectivity index (χ2n) is 7.67. The number of hydrogen-bond acceptors (Lipinski definition) is 5. The lowest BCUT2D eigenvalue weighted by Gasteiger charge is -2.13. The van der Waals surface area contributed by atoms with Gasteiger partial charge in [-0.3, -0.25) is 14.4 Å². The van der Waals surface area contributed by atoms with Crippen LogP contribution in [0.1, 0.15) is 28.5 Å². The summed E-state index contributed by atoms with van der Waals surface area (Å²) in [4.78, 5) is 43.3. The fraction of sp³-hybridized carbons (Fsp3) is 0.154. The molecule has 0 aliphatic rings. The first kappa shape index (κ1) is 22.8. The van der Waals surface area contributed by atoms with Gasteiger partial charge in [-0.1, -0.05) is 0 Å². The minimum Gasteiger partial charge on any atom is -0.494 e. The number of halogens is 1. The van der Waals surface area contributed by atoms with E-state index in [2.05, 4.69) is 10.3 Å². The number of fused-ring (bicyclic) bond motifs is 1. The van der Waals surface area contributed by atoms with Crippen molar-refractivity contribution < 1.29 is 18.7 Å². The molecule has 2 heterocycles. The van der Waals surface area contributed by atoms with Gasteiger partial charge in [0.2, 0.25) is 11.3 Å². The predicted octanol–water partition coefficient (Wildman–Crippen LogP) is 4.11. The number of nitrogens with zero attached hydrogens (tertiary/aromatic N) is 2. The van der Waals surface area contributed by atoms with E-state index in [-0.39, 0.29) is 29.0 Å². The second kappa shape index (κ2) is 9.66. The third-order valence-electron chi connectivity index (χ3n) is 5.17. The van der Waals surface area contributed by atoms with Crippen LogP contribution in [-0.2, 0) is 11.3 Å². The topological polar surface area (TPSA) is 90.3 Å².